The zero-order chi connectivity index (χ0) is 27.4. The number of pyridine rings is 2. The molecule has 1 amide bonds. The largest absolute Gasteiger partial charge is 0.477 e. The van der Waals surface area contributed by atoms with E-state index in [1.807, 2.05) is 27.7 Å². The molecule has 2 saturated heterocycles. The molecule has 206 valence electrons. The highest BCUT2D eigenvalue weighted by Crippen LogP contribution is 2.44. The lowest BCUT2D eigenvalue weighted by molar-refractivity contribution is 0.0135. The van der Waals surface area contributed by atoms with Crippen LogP contribution < -0.4 is 10.5 Å². The van der Waals surface area contributed by atoms with Gasteiger partial charge in [0.15, 0.2) is 5.82 Å². The van der Waals surface area contributed by atoms with Gasteiger partial charge in [-0.1, -0.05) is 0 Å². The van der Waals surface area contributed by atoms with Gasteiger partial charge in [0.1, 0.15) is 11.2 Å². The van der Waals surface area contributed by atoms with E-state index in [1.54, 1.807) is 4.90 Å². The molecule has 3 fully saturated rings. The first kappa shape index (κ1) is 26.5. The Labute approximate surface area is 221 Å². The maximum atomic E-state index is 15.5. The van der Waals surface area contributed by atoms with Crippen LogP contribution >= 0.6 is 0 Å². The van der Waals surface area contributed by atoms with Crippen LogP contribution in [0, 0.1) is 18.7 Å². The number of anilines is 1. The molecule has 1 aliphatic carbocycles. The van der Waals surface area contributed by atoms with E-state index in [0.29, 0.717) is 48.9 Å². The van der Waals surface area contributed by atoms with Crippen LogP contribution in [-0.4, -0.2) is 82.8 Å². The number of nitrogens with zero attached hydrogens (tertiary/aromatic N) is 4. The van der Waals surface area contributed by atoms with Crippen molar-refractivity contribution in [2.75, 3.05) is 50.7 Å². The lowest BCUT2D eigenvalue weighted by Crippen LogP contribution is -2.51. The summed E-state index contributed by atoms with van der Waals surface area (Å²) >= 11 is 0. The van der Waals surface area contributed by atoms with E-state index < -0.39 is 22.9 Å². The molecular weight excluding hydrogens is 491 g/mol. The summed E-state index contributed by atoms with van der Waals surface area (Å²) in [6.07, 6.45) is 3.70. The van der Waals surface area contributed by atoms with Gasteiger partial charge in [0.05, 0.1) is 17.4 Å². The van der Waals surface area contributed by atoms with Crippen molar-refractivity contribution in [1.29, 1.82) is 0 Å². The van der Waals surface area contributed by atoms with Crippen LogP contribution in [0.1, 0.15) is 67.4 Å². The second-order valence-corrected chi connectivity index (χ2v) is 11.9. The molecule has 9 nitrogen and oxygen atoms in total. The Morgan fingerprint density at radius 3 is 2.39 bits per heavy atom. The van der Waals surface area contributed by atoms with Gasteiger partial charge in [-0.2, -0.15) is 0 Å². The van der Waals surface area contributed by atoms with Gasteiger partial charge < -0.3 is 19.6 Å². The van der Waals surface area contributed by atoms with Gasteiger partial charge in [-0.15, -0.1) is 0 Å². The van der Waals surface area contributed by atoms with Crippen molar-refractivity contribution in [3.63, 3.8) is 0 Å². The average molecular weight is 529 g/mol. The molecule has 0 radical (unpaired) electrons. The van der Waals surface area contributed by atoms with Gasteiger partial charge in [0.2, 0.25) is 0 Å². The van der Waals surface area contributed by atoms with Crippen LogP contribution in [0.3, 0.4) is 0 Å². The van der Waals surface area contributed by atoms with Gasteiger partial charge in [0.25, 0.3) is 5.56 Å². The number of piperazine rings is 1. The number of amides is 1. The number of carboxylic acids is 1. The molecule has 3 aliphatic rings. The van der Waals surface area contributed by atoms with Gasteiger partial charge in [0, 0.05) is 45.8 Å². The molecule has 2 aliphatic heterocycles. The lowest BCUT2D eigenvalue weighted by Gasteiger charge is -2.36. The predicted molar refractivity (Wildman–Crippen MR) is 142 cm³/mol. The zero-order valence-electron chi connectivity index (χ0n) is 22.6. The Kier molecular flexibility index (Phi) is 6.87. The normalized spacial score (nSPS) is 20.8. The summed E-state index contributed by atoms with van der Waals surface area (Å²) in [5.41, 5.74) is 1.13. The molecule has 1 saturated carbocycles. The number of fused-ring (bicyclic) bond motifs is 1. The van der Waals surface area contributed by atoms with Crippen LogP contribution in [0.5, 0.6) is 0 Å². The summed E-state index contributed by atoms with van der Waals surface area (Å²) in [6.45, 7) is 12.5. The maximum Gasteiger partial charge on any atom is 0.410 e. The summed E-state index contributed by atoms with van der Waals surface area (Å²) in [7, 11) is 0. The van der Waals surface area contributed by atoms with Gasteiger partial charge in [-0.05, 0) is 76.0 Å². The van der Waals surface area contributed by atoms with E-state index in [2.05, 4.69) is 9.80 Å². The van der Waals surface area contributed by atoms with Crippen LogP contribution in [0.4, 0.5) is 14.9 Å². The number of hydrogen-bond donors (Lipinski definition) is 1. The number of hydrogen-bond acceptors (Lipinski definition) is 6. The molecule has 4 heterocycles. The first-order valence-corrected chi connectivity index (χ1v) is 13.5. The highest BCUT2D eigenvalue weighted by molar-refractivity contribution is 5.89. The number of carbonyl (C=O) groups excluding carboxylic acids is 1. The SMILES string of the molecule is Cc1c(N2CC[C@H](CN3CCN(C(=O)OC(C)(C)C)CC3)C2)c(F)cn2c(=O)c(C(=O)O)cc(C3CC3)c12. The van der Waals surface area contributed by atoms with E-state index in [-0.39, 0.29) is 17.6 Å². The molecule has 2 aromatic rings. The smallest absolute Gasteiger partial charge is 0.410 e. The summed E-state index contributed by atoms with van der Waals surface area (Å²) in [4.78, 5) is 43.1. The van der Waals surface area contributed by atoms with E-state index in [0.717, 1.165) is 44.5 Å². The minimum Gasteiger partial charge on any atom is -0.477 e. The first-order chi connectivity index (χ1) is 17.9. The number of rotatable bonds is 5. The van der Waals surface area contributed by atoms with Crippen LogP contribution in [0.25, 0.3) is 5.52 Å². The van der Waals surface area contributed by atoms with Crippen molar-refractivity contribution >= 4 is 23.3 Å². The summed E-state index contributed by atoms with van der Waals surface area (Å²) in [6, 6.07) is 1.50. The molecule has 2 aromatic heterocycles. The molecule has 0 unspecified atom stereocenters. The Balaban J connectivity index is 1.30. The fraction of sp³-hybridized carbons (Fsp3) is 0.607. The van der Waals surface area contributed by atoms with Crippen molar-refractivity contribution in [3.05, 3.63) is 45.1 Å². The Hall–Kier alpha value is -3.14. The van der Waals surface area contributed by atoms with E-state index in [9.17, 15) is 19.5 Å². The topological polar surface area (TPSA) is 94.8 Å². The van der Waals surface area contributed by atoms with Crippen molar-refractivity contribution in [3.8, 4) is 0 Å². The highest BCUT2D eigenvalue weighted by Gasteiger charge is 2.33. The van der Waals surface area contributed by atoms with E-state index in [4.69, 9.17) is 4.74 Å². The number of aryl methyl sites for hydroxylation is 1. The minimum atomic E-state index is -1.29. The van der Waals surface area contributed by atoms with Crippen molar-refractivity contribution in [2.45, 2.75) is 58.5 Å². The van der Waals surface area contributed by atoms with Crippen LogP contribution in [0.2, 0.25) is 0 Å². The summed E-state index contributed by atoms with van der Waals surface area (Å²) in [5, 5.41) is 9.52. The van der Waals surface area contributed by atoms with Crippen molar-refractivity contribution in [2.24, 2.45) is 5.92 Å². The Morgan fingerprint density at radius 2 is 1.79 bits per heavy atom. The van der Waals surface area contributed by atoms with Crippen LogP contribution in [0.15, 0.2) is 17.1 Å². The Bertz CT molecular complexity index is 1320. The molecule has 1 atom stereocenters. The minimum absolute atomic E-state index is 0.200. The first-order valence-electron chi connectivity index (χ1n) is 13.5. The fourth-order valence-corrected chi connectivity index (χ4v) is 5.88. The third-order valence-corrected chi connectivity index (χ3v) is 7.83. The highest BCUT2D eigenvalue weighted by atomic mass is 19.1. The standard InChI is InChI=1S/C28H37FN4O5/c1-17-23-20(19-5-6-19)13-21(26(35)36)25(34)33(23)16-22(29)24(17)32-8-7-18(15-32)14-30-9-11-31(12-10-30)27(37)38-28(2,3)4/h13,16,18-19H,5-12,14-15H2,1-4H3,(H,35,36)/t18-/m1/s1. The third-order valence-electron chi connectivity index (χ3n) is 7.83. The molecule has 38 heavy (non-hydrogen) atoms. The molecule has 1 N–H and O–H groups in total. The second kappa shape index (κ2) is 9.87. The molecule has 0 spiro atoms. The summed E-state index contributed by atoms with van der Waals surface area (Å²) in [5.74, 6) is -1.24. The van der Waals surface area contributed by atoms with Gasteiger partial charge >= 0.3 is 12.1 Å². The van der Waals surface area contributed by atoms with Gasteiger partial charge in [-0.25, -0.2) is 14.0 Å². The quantitative estimate of drug-likeness (QED) is 0.632. The summed E-state index contributed by atoms with van der Waals surface area (Å²) < 4.78 is 22.2. The molecular formula is C28H37FN4O5. The van der Waals surface area contributed by atoms with Gasteiger partial charge in [-0.3, -0.25) is 14.1 Å². The monoisotopic (exact) mass is 528 g/mol. The van der Waals surface area contributed by atoms with Crippen molar-refractivity contribution in [1.82, 2.24) is 14.2 Å². The number of aromatic nitrogens is 1. The molecule has 0 bridgehead atoms. The number of carboxylic acid groups (broad SMARTS) is 1. The van der Waals surface area contributed by atoms with Crippen molar-refractivity contribution < 1.29 is 23.8 Å². The second-order valence-electron chi connectivity index (χ2n) is 11.9. The molecule has 0 aromatic carbocycles. The maximum absolute atomic E-state index is 15.5. The molecule has 5 rings (SSSR count). The number of ether oxygens (including phenoxy) is 1. The van der Waals surface area contributed by atoms with Crippen LogP contribution in [-0.2, 0) is 4.74 Å². The lowest BCUT2D eigenvalue weighted by atomic mass is 10.0. The number of aromatic carboxylic acids is 1. The average Bonchev–Trinajstić information content (AvgIpc) is 3.58. The fourth-order valence-electron chi connectivity index (χ4n) is 5.88. The van der Waals surface area contributed by atoms with E-state index >= 15 is 4.39 Å². The number of halogens is 1. The molecule has 10 heteroatoms. The van der Waals surface area contributed by atoms with E-state index in [1.165, 1.54) is 16.7 Å². The third kappa shape index (κ3) is 5.23. The number of carbonyl (C=O) groups is 2. The Morgan fingerprint density at radius 1 is 1.11 bits per heavy atom. The predicted octanol–water partition coefficient (Wildman–Crippen LogP) is 3.70. The zero-order valence-corrected chi connectivity index (χ0v) is 22.6.